The molecule has 6 heteroatoms. The van der Waals surface area contributed by atoms with Gasteiger partial charge in [-0.2, -0.15) is 0 Å². The molecule has 110 valence electrons. The van der Waals surface area contributed by atoms with E-state index in [-0.39, 0.29) is 0 Å². The maximum atomic E-state index is 9.72. The monoisotopic (exact) mass is 294 g/mol. The van der Waals surface area contributed by atoms with Gasteiger partial charge < -0.3 is 14.4 Å². The predicted molar refractivity (Wildman–Crippen MR) is 83.6 cm³/mol. The lowest BCUT2D eigenvalue weighted by Crippen LogP contribution is -2.28. The van der Waals surface area contributed by atoms with Crippen molar-refractivity contribution < 1.29 is 14.4 Å². The highest BCUT2D eigenvalue weighted by Gasteiger charge is 2.29. The van der Waals surface area contributed by atoms with E-state index in [0.717, 1.165) is 22.2 Å². The van der Waals surface area contributed by atoms with E-state index in [1.54, 1.807) is 13.0 Å². The maximum Gasteiger partial charge on any atom is 0.491 e. The van der Waals surface area contributed by atoms with E-state index in [1.807, 2.05) is 26.0 Å². The van der Waals surface area contributed by atoms with Crippen LogP contribution < -0.4 is 10.2 Å². The number of aryl methyl sites for hydroxylation is 2. The van der Waals surface area contributed by atoms with Crippen molar-refractivity contribution >= 4 is 18.3 Å². The molecule has 2 aromatic rings. The minimum atomic E-state index is -0.859. The van der Waals surface area contributed by atoms with E-state index in [4.69, 9.17) is 16.0 Å². The number of hydrogen-bond acceptors (Lipinski definition) is 4. The van der Waals surface area contributed by atoms with Crippen molar-refractivity contribution in [1.82, 2.24) is 4.98 Å². The van der Waals surface area contributed by atoms with E-state index in [0.29, 0.717) is 29.6 Å². The number of nitrogens with zero attached hydrogens (tertiary/aromatic N) is 2. The first-order chi connectivity index (χ1) is 10.5. The van der Waals surface area contributed by atoms with Gasteiger partial charge in [-0.1, -0.05) is 6.07 Å². The number of pyridine rings is 1. The van der Waals surface area contributed by atoms with Crippen LogP contribution in [0.1, 0.15) is 22.4 Å². The average molecular weight is 294 g/mol. The van der Waals surface area contributed by atoms with E-state index in [1.165, 1.54) is 0 Å². The summed E-state index contributed by atoms with van der Waals surface area (Å²) in [5, 5.41) is 9.72. The fraction of sp³-hybridized carbons (Fsp3) is 0.250. The van der Waals surface area contributed by atoms with Crippen molar-refractivity contribution in [3.05, 3.63) is 52.0 Å². The second-order valence-corrected chi connectivity index (χ2v) is 5.35. The van der Waals surface area contributed by atoms with Gasteiger partial charge in [0, 0.05) is 11.3 Å². The number of fused-ring (bicyclic) bond motifs is 1. The molecule has 1 N–H and O–H groups in total. The second-order valence-electron chi connectivity index (χ2n) is 5.35. The molecule has 2 heterocycles. The van der Waals surface area contributed by atoms with Gasteiger partial charge >= 0.3 is 7.12 Å². The largest absolute Gasteiger partial charge is 0.491 e. The lowest BCUT2D eigenvalue weighted by molar-refractivity contribution is 0.274. The number of benzene rings is 1. The molecule has 0 atom stereocenters. The van der Waals surface area contributed by atoms with Crippen LogP contribution in [0.15, 0.2) is 18.2 Å². The zero-order valence-electron chi connectivity index (χ0n) is 12.7. The second kappa shape index (κ2) is 5.45. The molecule has 22 heavy (non-hydrogen) atoms. The van der Waals surface area contributed by atoms with Crippen molar-refractivity contribution in [1.29, 1.82) is 0 Å². The molecule has 1 aromatic heterocycles. The molecule has 1 aliphatic heterocycles. The van der Waals surface area contributed by atoms with Crippen LogP contribution >= 0.6 is 0 Å². The Kier molecular flexibility index (Phi) is 3.61. The highest BCUT2D eigenvalue weighted by atomic mass is 16.5. The van der Waals surface area contributed by atoms with Crippen molar-refractivity contribution in [2.45, 2.75) is 27.4 Å². The molecule has 1 aromatic carbocycles. The third-order valence-corrected chi connectivity index (χ3v) is 3.89. The molecule has 0 fully saturated rings. The molecular weight excluding hydrogens is 279 g/mol. The number of hydrogen-bond donors (Lipinski definition) is 1. The molecule has 0 radical (unpaired) electrons. The van der Waals surface area contributed by atoms with Crippen LogP contribution in [0.5, 0.6) is 11.6 Å². The summed E-state index contributed by atoms with van der Waals surface area (Å²) in [4.78, 5) is 7.81. The Morgan fingerprint density at radius 1 is 1.36 bits per heavy atom. The van der Waals surface area contributed by atoms with Crippen LogP contribution in [-0.4, -0.2) is 17.1 Å². The van der Waals surface area contributed by atoms with Crippen molar-refractivity contribution in [3.63, 3.8) is 0 Å². The Balaban J connectivity index is 1.98. The Labute approximate surface area is 129 Å². The van der Waals surface area contributed by atoms with Crippen LogP contribution in [0.2, 0.25) is 0 Å². The van der Waals surface area contributed by atoms with Gasteiger partial charge in [0.25, 0.3) is 0 Å². The fourth-order valence-corrected chi connectivity index (χ4v) is 2.53. The highest BCUT2D eigenvalue weighted by Crippen LogP contribution is 2.31. The van der Waals surface area contributed by atoms with Gasteiger partial charge in [0.15, 0.2) is 0 Å². The standard InChI is InChI=1S/C16H15BN2O3/c1-9-7-14(18-4)11(3)19-16(9)22-15-6-5-13-12(10(15)2)8-21-17(13)20/h5-7,20H,8H2,1-3H3. The zero-order chi connectivity index (χ0) is 15.9. The summed E-state index contributed by atoms with van der Waals surface area (Å²) in [5.41, 5.74) is 4.67. The lowest BCUT2D eigenvalue weighted by Gasteiger charge is -2.13. The number of aromatic nitrogens is 1. The van der Waals surface area contributed by atoms with Gasteiger partial charge in [0.2, 0.25) is 11.6 Å². The molecule has 0 spiro atoms. The average Bonchev–Trinajstić information content (AvgIpc) is 2.87. The number of rotatable bonds is 2. The van der Waals surface area contributed by atoms with Crippen molar-refractivity contribution in [2.75, 3.05) is 0 Å². The first-order valence-electron chi connectivity index (χ1n) is 6.97. The molecule has 5 nitrogen and oxygen atoms in total. The molecule has 3 rings (SSSR count). The molecule has 0 amide bonds. The highest BCUT2D eigenvalue weighted by molar-refractivity contribution is 6.61. The van der Waals surface area contributed by atoms with Gasteiger partial charge in [0.05, 0.1) is 13.2 Å². The quantitative estimate of drug-likeness (QED) is 0.683. The Bertz CT molecular complexity index is 799. The minimum Gasteiger partial charge on any atom is -0.439 e. The smallest absolute Gasteiger partial charge is 0.439 e. The third kappa shape index (κ3) is 2.35. The van der Waals surface area contributed by atoms with Crippen LogP contribution in [0.25, 0.3) is 4.85 Å². The molecule has 0 bridgehead atoms. The summed E-state index contributed by atoms with van der Waals surface area (Å²) in [6, 6.07) is 5.40. The summed E-state index contributed by atoms with van der Waals surface area (Å²) in [6.07, 6.45) is 0. The van der Waals surface area contributed by atoms with Gasteiger partial charge in [-0.25, -0.2) is 9.83 Å². The predicted octanol–water partition coefficient (Wildman–Crippen LogP) is 2.57. The molecule has 0 saturated carbocycles. The summed E-state index contributed by atoms with van der Waals surface area (Å²) in [5.74, 6) is 1.18. The van der Waals surface area contributed by atoms with Gasteiger partial charge in [-0.3, -0.25) is 0 Å². The topological polar surface area (TPSA) is 55.9 Å². The Hall–Kier alpha value is -2.36. The van der Waals surface area contributed by atoms with Crippen LogP contribution in [0.3, 0.4) is 0 Å². The maximum absolute atomic E-state index is 9.72. The van der Waals surface area contributed by atoms with E-state index in [2.05, 4.69) is 9.83 Å². The SMILES string of the molecule is [C-]#[N+]c1cc(C)c(Oc2ccc3c(c2C)COB3O)nc1C. The molecule has 0 unspecified atom stereocenters. The summed E-state index contributed by atoms with van der Waals surface area (Å²) in [7, 11) is -0.859. The number of ether oxygens (including phenoxy) is 1. The minimum absolute atomic E-state index is 0.377. The summed E-state index contributed by atoms with van der Waals surface area (Å²) < 4.78 is 11.2. The van der Waals surface area contributed by atoms with E-state index in [9.17, 15) is 5.02 Å². The normalized spacial score (nSPS) is 13.0. The van der Waals surface area contributed by atoms with Crippen molar-refractivity contribution in [2.24, 2.45) is 0 Å². The van der Waals surface area contributed by atoms with Crippen LogP contribution in [0, 0.1) is 27.3 Å². The van der Waals surface area contributed by atoms with Gasteiger partial charge in [0.1, 0.15) is 5.75 Å². The van der Waals surface area contributed by atoms with Crippen LogP contribution in [-0.2, 0) is 11.3 Å². The Morgan fingerprint density at radius 2 is 2.14 bits per heavy atom. The first-order valence-corrected chi connectivity index (χ1v) is 6.97. The van der Waals surface area contributed by atoms with E-state index < -0.39 is 7.12 Å². The Morgan fingerprint density at radius 3 is 2.86 bits per heavy atom. The van der Waals surface area contributed by atoms with E-state index >= 15 is 0 Å². The molecule has 1 aliphatic rings. The summed E-state index contributed by atoms with van der Waals surface area (Å²) in [6.45, 7) is 13.1. The third-order valence-electron chi connectivity index (χ3n) is 3.89. The zero-order valence-corrected chi connectivity index (χ0v) is 12.7. The molecule has 0 aliphatic carbocycles. The van der Waals surface area contributed by atoms with Crippen LogP contribution in [0.4, 0.5) is 5.69 Å². The van der Waals surface area contributed by atoms with Crippen molar-refractivity contribution in [3.8, 4) is 11.6 Å². The first kappa shape index (κ1) is 14.6. The van der Waals surface area contributed by atoms with Gasteiger partial charge in [-0.05, 0) is 49.5 Å². The lowest BCUT2D eigenvalue weighted by atomic mass is 9.78. The summed E-state index contributed by atoms with van der Waals surface area (Å²) >= 11 is 0. The molecule has 0 saturated heterocycles. The fourth-order valence-electron chi connectivity index (χ4n) is 2.53. The van der Waals surface area contributed by atoms with Gasteiger partial charge in [-0.15, -0.1) is 0 Å². The molecular formula is C16H15BN2O3.